The second-order valence-electron chi connectivity index (χ2n) is 1.96. The SMILES string of the molecule is C[Si](Br)(Br)CCCN. The number of hydrogen-bond acceptors (Lipinski definition) is 1. The Morgan fingerprint density at radius 1 is 1.50 bits per heavy atom. The summed E-state index contributed by atoms with van der Waals surface area (Å²) in [6.07, 6.45) is 1.12. The van der Waals surface area contributed by atoms with Crippen molar-refractivity contribution in [3.8, 4) is 0 Å². The van der Waals surface area contributed by atoms with Crippen molar-refractivity contribution < 1.29 is 0 Å². The van der Waals surface area contributed by atoms with Gasteiger partial charge in [0.2, 0.25) is 0 Å². The van der Waals surface area contributed by atoms with Crippen LogP contribution in [-0.4, -0.2) is 11.9 Å². The number of hydrogen-bond donors (Lipinski definition) is 1. The zero-order chi connectivity index (χ0) is 6.62. The molecule has 0 fully saturated rings. The van der Waals surface area contributed by atoms with Gasteiger partial charge < -0.3 is 5.73 Å². The van der Waals surface area contributed by atoms with Gasteiger partial charge in [-0.15, -0.1) is 30.6 Å². The Morgan fingerprint density at radius 2 is 2.00 bits per heavy atom. The molecule has 0 amide bonds. The summed E-state index contributed by atoms with van der Waals surface area (Å²) >= 11 is 7.16. The first-order valence-corrected chi connectivity index (χ1v) is 9.86. The minimum atomic E-state index is -1.13. The van der Waals surface area contributed by atoms with Gasteiger partial charge in [-0.05, 0) is 19.0 Å². The van der Waals surface area contributed by atoms with Crippen molar-refractivity contribution in [3.05, 3.63) is 0 Å². The lowest BCUT2D eigenvalue weighted by Gasteiger charge is -2.08. The third-order valence-electron chi connectivity index (χ3n) is 0.820. The summed E-state index contributed by atoms with van der Waals surface area (Å²) in [7, 11) is 0. The molecule has 0 aliphatic heterocycles. The highest BCUT2D eigenvalue weighted by Crippen LogP contribution is 2.25. The maximum atomic E-state index is 5.32. The molecule has 0 rings (SSSR count). The van der Waals surface area contributed by atoms with Crippen molar-refractivity contribution >= 4 is 35.9 Å². The monoisotopic (exact) mass is 259 g/mol. The molecule has 0 saturated heterocycles. The van der Waals surface area contributed by atoms with Gasteiger partial charge in [-0.3, -0.25) is 0 Å². The predicted molar refractivity (Wildman–Crippen MR) is 48.0 cm³/mol. The molecule has 0 aliphatic carbocycles. The highest BCUT2D eigenvalue weighted by molar-refractivity contribution is 9.51. The molecule has 0 radical (unpaired) electrons. The lowest BCUT2D eigenvalue weighted by Crippen LogP contribution is -2.12. The van der Waals surface area contributed by atoms with E-state index in [1.54, 1.807) is 0 Å². The largest absolute Gasteiger partial charge is 0.330 e. The zero-order valence-electron chi connectivity index (χ0n) is 4.95. The van der Waals surface area contributed by atoms with E-state index >= 15 is 0 Å². The first kappa shape index (κ1) is 9.14. The van der Waals surface area contributed by atoms with E-state index in [0.717, 1.165) is 13.0 Å². The van der Waals surface area contributed by atoms with Crippen molar-refractivity contribution in [2.24, 2.45) is 5.73 Å². The average molecular weight is 261 g/mol. The Kier molecular flexibility index (Phi) is 4.61. The average Bonchev–Trinajstić information content (AvgIpc) is 1.59. The fourth-order valence-corrected chi connectivity index (χ4v) is 2.92. The highest BCUT2D eigenvalue weighted by atomic mass is 79.9. The molecule has 0 aromatic heterocycles. The first-order chi connectivity index (χ1) is 3.56. The Labute approximate surface area is 67.2 Å². The van der Waals surface area contributed by atoms with Crippen LogP contribution in [0.4, 0.5) is 0 Å². The summed E-state index contributed by atoms with van der Waals surface area (Å²) in [5.41, 5.74) is 5.32. The van der Waals surface area contributed by atoms with Crippen LogP contribution < -0.4 is 5.73 Å². The number of nitrogens with two attached hydrogens (primary N) is 1. The van der Waals surface area contributed by atoms with Crippen LogP contribution in [0.2, 0.25) is 12.6 Å². The molecule has 0 unspecified atom stereocenters. The molecule has 0 aromatic carbocycles. The molecule has 0 heterocycles. The van der Waals surface area contributed by atoms with Crippen molar-refractivity contribution in [1.29, 1.82) is 0 Å². The lowest BCUT2D eigenvalue weighted by molar-refractivity contribution is 0.923. The summed E-state index contributed by atoms with van der Waals surface area (Å²) in [6.45, 7) is 3.02. The molecule has 2 N–H and O–H groups in total. The van der Waals surface area contributed by atoms with Gasteiger partial charge in [-0.2, -0.15) is 0 Å². The van der Waals surface area contributed by atoms with Crippen LogP contribution in [0.3, 0.4) is 0 Å². The van der Waals surface area contributed by atoms with Gasteiger partial charge in [0.1, 0.15) is 0 Å². The molecular formula is C4H11Br2NSi. The van der Waals surface area contributed by atoms with E-state index in [1.165, 1.54) is 6.04 Å². The smallest absolute Gasteiger partial charge is 0.198 e. The summed E-state index contributed by atoms with van der Waals surface area (Å²) in [5.74, 6) is 0. The van der Waals surface area contributed by atoms with Crippen molar-refractivity contribution in [3.63, 3.8) is 0 Å². The Hall–Kier alpha value is 1.14. The minimum absolute atomic E-state index is 0.805. The number of halogens is 2. The fourth-order valence-electron chi connectivity index (χ4n) is 0.412. The molecule has 0 aliphatic rings. The summed E-state index contributed by atoms with van der Waals surface area (Å²) < 4.78 is 0. The molecule has 0 saturated carbocycles. The topological polar surface area (TPSA) is 26.0 Å². The van der Waals surface area contributed by atoms with E-state index in [2.05, 4.69) is 37.1 Å². The molecule has 0 aromatic rings. The quantitative estimate of drug-likeness (QED) is 0.611. The molecule has 0 bridgehead atoms. The minimum Gasteiger partial charge on any atom is -0.330 e. The maximum absolute atomic E-state index is 5.32. The molecule has 50 valence electrons. The second-order valence-corrected chi connectivity index (χ2v) is 18.3. The van der Waals surface area contributed by atoms with Gasteiger partial charge in [-0.1, -0.05) is 6.55 Å². The predicted octanol–water partition coefficient (Wildman–Crippen LogP) is 2.20. The molecule has 0 spiro atoms. The molecular weight excluding hydrogens is 250 g/mol. The van der Waals surface area contributed by atoms with E-state index in [-0.39, 0.29) is 0 Å². The van der Waals surface area contributed by atoms with Gasteiger partial charge in [0, 0.05) is 0 Å². The highest BCUT2D eigenvalue weighted by Gasteiger charge is 2.16. The third kappa shape index (κ3) is 7.14. The van der Waals surface area contributed by atoms with Gasteiger partial charge in [-0.25, -0.2) is 0 Å². The Bertz CT molecular complexity index is 61.5. The van der Waals surface area contributed by atoms with Crippen LogP contribution in [0.15, 0.2) is 0 Å². The van der Waals surface area contributed by atoms with Gasteiger partial charge in [0.05, 0.1) is 0 Å². The van der Waals surface area contributed by atoms with E-state index < -0.39 is 5.31 Å². The van der Waals surface area contributed by atoms with Gasteiger partial charge >= 0.3 is 0 Å². The molecule has 1 nitrogen and oxygen atoms in total. The van der Waals surface area contributed by atoms with Gasteiger partial charge in [0.25, 0.3) is 0 Å². The second kappa shape index (κ2) is 4.03. The van der Waals surface area contributed by atoms with Crippen LogP contribution in [0.25, 0.3) is 0 Å². The first-order valence-electron chi connectivity index (χ1n) is 2.64. The maximum Gasteiger partial charge on any atom is 0.198 e. The molecule has 8 heavy (non-hydrogen) atoms. The lowest BCUT2D eigenvalue weighted by atomic mass is 10.5. The van der Waals surface area contributed by atoms with Crippen LogP contribution in [0.5, 0.6) is 0 Å². The van der Waals surface area contributed by atoms with Crippen LogP contribution in [0.1, 0.15) is 6.42 Å². The van der Waals surface area contributed by atoms with Crippen LogP contribution in [-0.2, 0) is 0 Å². The molecule has 0 atom stereocenters. The molecule has 4 heteroatoms. The van der Waals surface area contributed by atoms with E-state index in [9.17, 15) is 0 Å². The number of rotatable bonds is 3. The van der Waals surface area contributed by atoms with Crippen molar-refractivity contribution in [2.45, 2.75) is 19.0 Å². The van der Waals surface area contributed by atoms with Crippen LogP contribution in [0, 0.1) is 0 Å². The van der Waals surface area contributed by atoms with Crippen molar-refractivity contribution in [1.82, 2.24) is 0 Å². The normalized spacial score (nSPS) is 12.0. The van der Waals surface area contributed by atoms with Gasteiger partial charge in [0.15, 0.2) is 5.31 Å². The standard InChI is InChI=1S/C4H11Br2NSi/c1-8(5,6)4-2-3-7/h2-4,7H2,1H3. The van der Waals surface area contributed by atoms with Crippen molar-refractivity contribution in [2.75, 3.05) is 6.54 Å². The van der Waals surface area contributed by atoms with E-state index in [1.807, 2.05) is 0 Å². The Morgan fingerprint density at radius 3 is 2.12 bits per heavy atom. The third-order valence-corrected chi connectivity index (χ3v) is 4.43. The van der Waals surface area contributed by atoms with E-state index in [0.29, 0.717) is 0 Å². The van der Waals surface area contributed by atoms with Crippen LogP contribution >= 0.6 is 30.6 Å². The summed E-state index contributed by atoms with van der Waals surface area (Å²) in [5, 5.41) is -1.13. The Balaban J connectivity index is 3.11. The summed E-state index contributed by atoms with van der Waals surface area (Å²) in [6, 6.07) is 1.21. The fraction of sp³-hybridized carbons (Fsp3) is 1.00. The zero-order valence-corrected chi connectivity index (χ0v) is 9.13. The summed E-state index contributed by atoms with van der Waals surface area (Å²) in [4.78, 5) is 0. The van der Waals surface area contributed by atoms with E-state index in [4.69, 9.17) is 5.73 Å².